The summed E-state index contributed by atoms with van der Waals surface area (Å²) < 4.78 is 27.7. The minimum atomic E-state index is -3.59. The van der Waals surface area contributed by atoms with Crippen LogP contribution in [0.2, 0.25) is 5.02 Å². The van der Waals surface area contributed by atoms with E-state index in [2.05, 4.69) is 9.62 Å². The van der Waals surface area contributed by atoms with Crippen LogP contribution in [0.25, 0.3) is 0 Å². The van der Waals surface area contributed by atoms with Crippen molar-refractivity contribution in [1.29, 1.82) is 0 Å². The van der Waals surface area contributed by atoms with Crippen LogP contribution in [0.5, 0.6) is 0 Å². The molecular formula is C14H22ClN3O2S. The van der Waals surface area contributed by atoms with E-state index in [0.29, 0.717) is 10.6 Å². The molecule has 1 unspecified atom stereocenters. The third-order valence-electron chi connectivity index (χ3n) is 3.67. The van der Waals surface area contributed by atoms with Gasteiger partial charge in [-0.15, -0.1) is 0 Å². The number of halogens is 1. The van der Waals surface area contributed by atoms with Gasteiger partial charge in [0, 0.05) is 12.6 Å². The number of hydrogen-bond donors (Lipinski definition) is 2. The Kier molecular flexibility index (Phi) is 5.14. The van der Waals surface area contributed by atoms with E-state index < -0.39 is 10.0 Å². The monoisotopic (exact) mass is 331 g/mol. The van der Waals surface area contributed by atoms with Crippen molar-refractivity contribution in [2.75, 3.05) is 25.4 Å². The first-order chi connectivity index (χ1) is 9.79. The van der Waals surface area contributed by atoms with Gasteiger partial charge in [-0.3, -0.25) is 0 Å². The lowest BCUT2D eigenvalue weighted by Gasteiger charge is -2.21. The molecule has 0 bridgehead atoms. The van der Waals surface area contributed by atoms with Gasteiger partial charge >= 0.3 is 0 Å². The van der Waals surface area contributed by atoms with Gasteiger partial charge < -0.3 is 10.6 Å². The molecule has 5 nitrogen and oxygen atoms in total. The molecule has 21 heavy (non-hydrogen) atoms. The molecule has 1 fully saturated rings. The number of anilines is 1. The molecule has 0 aliphatic carbocycles. The van der Waals surface area contributed by atoms with E-state index in [9.17, 15) is 8.42 Å². The summed E-state index contributed by atoms with van der Waals surface area (Å²) in [5.74, 6) is 0. The van der Waals surface area contributed by atoms with Crippen LogP contribution in [0.1, 0.15) is 25.3 Å². The lowest BCUT2D eigenvalue weighted by Crippen LogP contribution is -2.41. The van der Waals surface area contributed by atoms with E-state index in [1.165, 1.54) is 18.9 Å². The summed E-state index contributed by atoms with van der Waals surface area (Å²) in [6, 6.07) is 2.85. The molecule has 1 aliphatic rings. The maximum absolute atomic E-state index is 12.5. The number of nitrogens with two attached hydrogens (primary N) is 1. The van der Waals surface area contributed by atoms with Gasteiger partial charge in [-0.05, 0) is 57.5 Å². The smallest absolute Gasteiger partial charge is 0.241 e. The van der Waals surface area contributed by atoms with E-state index in [4.69, 9.17) is 17.3 Å². The number of nitrogen functional groups attached to an aromatic ring is 1. The van der Waals surface area contributed by atoms with Crippen molar-refractivity contribution < 1.29 is 8.42 Å². The van der Waals surface area contributed by atoms with Crippen LogP contribution in [0, 0.1) is 6.92 Å². The highest BCUT2D eigenvalue weighted by molar-refractivity contribution is 7.89. The summed E-state index contributed by atoms with van der Waals surface area (Å²) in [4.78, 5) is 2.47. The van der Waals surface area contributed by atoms with Crippen molar-refractivity contribution in [2.45, 2.75) is 37.6 Å². The fourth-order valence-corrected chi connectivity index (χ4v) is 4.39. The molecule has 1 aliphatic heterocycles. The van der Waals surface area contributed by atoms with E-state index in [0.717, 1.165) is 19.6 Å². The minimum absolute atomic E-state index is 0.149. The molecule has 1 atom stereocenters. The minimum Gasteiger partial charge on any atom is -0.397 e. The molecule has 2 rings (SSSR count). The van der Waals surface area contributed by atoms with Crippen LogP contribution in [-0.2, 0) is 10.0 Å². The quantitative estimate of drug-likeness (QED) is 0.809. The number of aryl methyl sites for hydroxylation is 1. The second-order valence-electron chi connectivity index (χ2n) is 5.67. The number of rotatable bonds is 5. The van der Waals surface area contributed by atoms with Gasteiger partial charge in [-0.1, -0.05) is 11.6 Å². The van der Waals surface area contributed by atoms with Crippen molar-refractivity contribution in [3.63, 3.8) is 0 Å². The summed E-state index contributed by atoms with van der Waals surface area (Å²) in [6.07, 6.45) is 2.37. The van der Waals surface area contributed by atoms with Gasteiger partial charge in [0.05, 0.1) is 15.6 Å². The van der Waals surface area contributed by atoms with Crippen LogP contribution in [0.4, 0.5) is 5.69 Å². The highest BCUT2D eigenvalue weighted by Gasteiger charge is 2.22. The van der Waals surface area contributed by atoms with Gasteiger partial charge in [0.2, 0.25) is 10.0 Å². The Morgan fingerprint density at radius 2 is 2.00 bits per heavy atom. The molecule has 118 valence electrons. The van der Waals surface area contributed by atoms with Gasteiger partial charge in [-0.25, -0.2) is 13.1 Å². The van der Waals surface area contributed by atoms with Crippen molar-refractivity contribution >= 4 is 27.3 Å². The average molecular weight is 332 g/mol. The van der Waals surface area contributed by atoms with E-state index >= 15 is 0 Å². The molecule has 7 heteroatoms. The zero-order valence-electron chi connectivity index (χ0n) is 12.4. The zero-order chi connectivity index (χ0) is 15.6. The Balaban J connectivity index is 2.12. The van der Waals surface area contributed by atoms with Crippen LogP contribution in [0.15, 0.2) is 17.0 Å². The van der Waals surface area contributed by atoms with Crippen molar-refractivity contribution in [1.82, 2.24) is 9.62 Å². The fraction of sp³-hybridized carbons (Fsp3) is 0.571. The summed E-state index contributed by atoms with van der Waals surface area (Å²) in [6.45, 7) is 6.40. The van der Waals surface area contributed by atoms with Crippen molar-refractivity contribution in [3.05, 3.63) is 22.7 Å². The first-order valence-electron chi connectivity index (χ1n) is 7.10. The van der Waals surface area contributed by atoms with E-state index in [1.807, 2.05) is 6.92 Å². The molecule has 1 saturated heterocycles. The lowest BCUT2D eigenvalue weighted by molar-refractivity contribution is 0.313. The normalized spacial score (nSPS) is 18.0. The van der Waals surface area contributed by atoms with Gasteiger partial charge in [0.1, 0.15) is 0 Å². The first kappa shape index (κ1) is 16.5. The lowest BCUT2D eigenvalue weighted by atomic mass is 10.2. The molecule has 1 heterocycles. The fourth-order valence-electron chi connectivity index (χ4n) is 2.68. The number of likely N-dealkylation sites (tertiary alicyclic amines) is 1. The Labute approximate surface area is 131 Å². The number of hydrogen-bond acceptors (Lipinski definition) is 4. The maximum Gasteiger partial charge on any atom is 0.241 e. The number of nitrogens with zero attached hydrogens (tertiary/aromatic N) is 1. The Morgan fingerprint density at radius 3 is 2.62 bits per heavy atom. The highest BCUT2D eigenvalue weighted by atomic mass is 35.5. The van der Waals surface area contributed by atoms with Crippen molar-refractivity contribution in [2.24, 2.45) is 0 Å². The summed E-state index contributed by atoms with van der Waals surface area (Å²) in [5.41, 5.74) is 6.58. The first-order valence-corrected chi connectivity index (χ1v) is 8.96. The molecule has 1 aromatic rings. The standard InChI is InChI=1S/C14H22ClN3O2S/c1-10-7-12(15)13(16)8-14(10)21(19,20)17-11(2)9-18-5-3-4-6-18/h7-8,11,17H,3-6,9,16H2,1-2H3. The van der Waals surface area contributed by atoms with E-state index in [-0.39, 0.29) is 16.6 Å². The summed E-state index contributed by atoms with van der Waals surface area (Å²) in [7, 11) is -3.59. The van der Waals surface area contributed by atoms with Crippen LogP contribution in [-0.4, -0.2) is 39.0 Å². The van der Waals surface area contributed by atoms with Gasteiger partial charge in [0.15, 0.2) is 0 Å². The predicted octanol–water partition coefficient (Wildman–Crippen LogP) is 1.99. The third kappa shape index (κ3) is 4.10. The largest absolute Gasteiger partial charge is 0.397 e. The summed E-state index contributed by atoms with van der Waals surface area (Å²) >= 11 is 5.91. The predicted molar refractivity (Wildman–Crippen MR) is 86.1 cm³/mol. The molecule has 1 aromatic carbocycles. The topological polar surface area (TPSA) is 75.4 Å². The Morgan fingerprint density at radius 1 is 1.38 bits per heavy atom. The molecule has 0 aromatic heterocycles. The zero-order valence-corrected chi connectivity index (χ0v) is 14.0. The number of nitrogens with one attached hydrogen (secondary N) is 1. The average Bonchev–Trinajstić information content (AvgIpc) is 2.85. The van der Waals surface area contributed by atoms with Crippen LogP contribution >= 0.6 is 11.6 Å². The van der Waals surface area contributed by atoms with Gasteiger partial charge in [-0.2, -0.15) is 0 Å². The SMILES string of the molecule is Cc1cc(Cl)c(N)cc1S(=O)(=O)NC(C)CN1CCCC1. The van der Waals surface area contributed by atoms with Crippen molar-refractivity contribution in [3.8, 4) is 0 Å². The Hall–Kier alpha value is -0.820. The second kappa shape index (κ2) is 6.52. The molecule has 0 spiro atoms. The van der Waals surface area contributed by atoms with Crippen LogP contribution < -0.4 is 10.5 Å². The number of benzene rings is 1. The van der Waals surface area contributed by atoms with Gasteiger partial charge in [0.25, 0.3) is 0 Å². The molecular weight excluding hydrogens is 310 g/mol. The number of sulfonamides is 1. The van der Waals surface area contributed by atoms with E-state index in [1.54, 1.807) is 13.0 Å². The summed E-state index contributed by atoms with van der Waals surface area (Å²) in [5, 5.41) is 0.372. The molecule has 0 saturated carbocycles. The molecule has 3 N–H and O–H groups in total. The second-order valence-corrected chi connectivity index (χ2v) is 7.76. The molecule has 0 radical (unpaired) electrons. The Bertz CT molecular complexity index is 613. The highest BCUT2D eigenvalue weighted by Crippen LogP contribution is 2.26. The molecule has 0 amide bonds. The maximum atomic E-state index is 12.5. The van der Waals surface area contributed by atoms with Crippen LogP contribution in [0.3, 0.4) is 0 Å². The third-order valence-corrected chi connectivity index (χ3v) is 5.73.